The smallest absolute Gasteiger partial charge is 0.216 e. The molecular weight excluding hydrogens is 178 g/mol. The lowest BCUT2D eigenvalue weighted by molar-refractivity contribution is -0.118. The average molecular weight is 193 g/mol. The summed E-state index contributed by atoms with van der Waals surface area (Å²) in [6.07, 6.45) is 0.792. The van der Waals surface area contributed by atoms with Crippen LogP contribution >= 0.6 is 0 Å². The van der Waals surface area contributed by atoms with Crippen molar-refractivity contribution in [2.75, 3.05) is 6.54 Å². The predicted molar refractivity (Wildman–Crippen MR) is 55.2 cm³/mol. The number of rotatable bonds is 3. The third kappa shape index (κ3) is 3.09. The lowest BCUT2D eigenvalue weighted by Gasteiger charge is -2.04. The number of carbonyl (C=O) groups is 1. The minimum absolute atomic E-state index is 0.0134. The summed E-state index contributed by atoms with van der Waals surface area (Å²) in [5.41, 5.74) is 1.99. The highest BCUT2D eigenvalue weighted by atomic mass is 16.3. The Balaban J connectivity index is 2.51. The van der Waals surface area contributed by atoms with E-state index in [4.69, 9.17) is 0 Å². The quantitative estimate of drug-likeness (QED) is 0.762. The van der Waals surface area contributed by atoms with Gasteiger partial charge in [-0.15, -0.1) is 0 Å². The molecule has 1 aromatic rings. The highest BCUT2D eigenvalue weighted by Gasteiger charge is 1.98. The second-order valence-electron chi connectivity index (χ2n) is 3.35. The molecule has 0 spiro atoms. The van der Waals surface area contributed by atoms with Gasteiger partial charge in [0.2, 0.25) is 5.91 Å². The van der Waals surface area contributed by atoms with Gasteiger partial charge in [-0.05, 0) is 30.5 Å². The van der Waals surface area contributed by atoms with Crippen molar-refractivity contribution in [1.29, 1.82) is 0 Å². The van der Waals surface area contributed by atoms with E-state index >= 15 is 0 Å². The summed E-state index contributed by atoms with van der Waals surface area (Å²) in [6.45, 7) is 4.00. The first-order valence-corrected chi connectivity index (χ1v) is 4.62. The number of hydrogen-bond donors (Lipinski definition) is 2. The number of aromatic hydroxyl groups is 1. The molecule has 0 aromatic heterocycles. The molecule has 0 atom stereocenters. The maximum absolute atomic E-state index is 10.6. The molecule has 1 rings (SSSR count). The summed E-state index contributed by atoms with van der Waals surface area (Å²) >= 11 is 0. The summed E-state index contributed by atoms with van der Waals surface area (Å²) in [5.74, 6) is 0.300. The molecule has 0 heterocycles. The molecule has 0 unspecified atom stereocenters. The molecule has 0 aliphatic heterocycles. The van der Waals surface area contributed by atoms with Crippen molar-refractivity contribution < 1.29 is 9.90 Å². The number of nitrogens with one attached hydrogen (secondary N) is 1. The Kier molecular flexibility index (Phi) is 3.51. The van der Waals surface area contributed by atoms with Crippen LogP contribution in [0.1, 0.15) is 18.1 Å². The topological polar surface area (TPSA) is 49.3 Å². The normalized spacial score (nSPS) is 9.86. The van der Waals surface area contributed by atoms with Gasteiger partial charge in [0.05, 0.1) is 0 Å². The van der Waals surface area contributed by atoms with Gasteiger partial charge in [-0.1, -0.05) is 12.1 Å². The lowest BCUT2D eigenvalue weighted by Crippen LogP contribution is -2.22. The number of carbonyl (C=O) groups excluding carboxylic acids is 1. The van der Waals surface area contributed by atoms with E-state index in [9.17, 15) is 9.90 Å². The second-order valence-corrected chi connectivity index (χ2v) is 3.35. The van der Waals surface area contributed by atoms with Crippen molar-refractivity contribution in [3.63, 3.8) is 0 Å². The van der Waals surface area contributed by atoms with Crippen LogP contribution in [0.4, 0.5) is 0 Å². The van der Waals surface area contributed by atoms with Crippen LogP contribution in [0, 0.1) is 6.92 Å². The number of hydrogen-bond acceptors (Lipinski definition) is 2. The standard InChI is InChI=1S/C11H15NO2/c1-8-7-10(3-4-11(8)14)5-6-12-9(2)13/h3-4,7,14H,5-6H2,1-2H3,(H,12,13). The van der Waals surface area contributed by atoms with Crippen LogP contribution in [0.2, 0.25) is 0 Å². The van der Waals surface area contributed by atoms with E-state index in [1.54, 1.807) is 6.07 Å². The molecule has 76 valence electrons. The molecule has 3 nitrogen and oxygen atoms in total. The molecular formula is C11H15NO2. The fraction of sp³-hybridized carbons (Fsp3) is 0.364. The van der Waals surface area contributed by atoms with Crippen LogP contribution in [-0.2, 0) is 11.2 Å². The highest BCUT2D eigenvalue weighted by molar-refractivity contribution is 5.72. The lowest BCUT2D eigenvalue weighted by atomic mass is 10.1. The zero-order valence-corrected chi connectivity index (χ0v) is 8.50. The van der Waals surface area contributed by atoms with Crippen molar-refractivity contribution in [2.24, 2.45) is 0 Å². The van der Waals surface area contributed by atoms with Crippen molar-refractivity contribution >= 4 is 5.91 Å². The van der Waals surface area contributed by atoms with E-state index in [0.717, 1.165) is 17.5 Å². The molecule has 3 heteroatoms. The van der Waals surface area contributed by atoms with E-state index in [-0.39, 0.29) is 5.91 Å². The maximum Gasteiger partial charge on any atom is 0.216 e. The highest BCUT2D eigenvalue weighted by Crippen LogP contribution is 2.16. The summed E-state index contributed by atoms with van der Waals surface area (Å²) < 4.78 is 0. The largest absolute Gasteiger partial charge is 0.508 e. The first-order valence-electron chi connectivity index (χ1n) is 4.62. The third-order valence-corrected chi connectivity index (χ3v) is 2.05. The second kappa shape index (κ2) is 4.65. The molecule has 2 N–H and O–H groups in total. The minimum Gasteiger partial charge on any atom is -0.508 e. The minimum atomic E-state index is -0.0134. The molecule has 0 saturated heterocycles. The Morgan fingerprint density at radius 1 is 1.50 bits per heavy atom. The first kappa shape index (κ1) is 10.6. The van der Waals surface area contributed by atoms with Crippen LogP contribution in [0.5, 0.6) is 5.75 Å². The van der Waals surface area contributed by atoms with Crippen LogP contribution in [-0.4, -0.2) is 17.6 Å². The summed E-state index contributed by atoms with van der Waals surface area (Å²) in [7, 11) is 0. The number of phenols is 1. The molecule has 0 saturated carbocycles. The van der Waals surface area contributed by atoms with Gasteiger partial charge < -0.3 is 10.4 Å². The molecule has 0 aliphatic rings. The van der Waals surface area contributed by atoms with Gasteiger partial charge in [-0.3, -0.25) is 4.79 Å². The Morgan fingerprint density at radius 3 is 2.79 bits per heavy atom. The zero-order chi connectivity index (χ0) is 10.6. The van der Waals surface area contributed by atoms with Gasteiger partial charge in [0, 0.05) is 13.5 Å². The Bertz CT molecular complexity index is 334. The Hall–Kier alpha value is -1.51. The van der Waals surface area contributed by atoms with Crippen molar-refractivity contribution in [3.8, 4) is 5.75 Å². The van der Waals surface area contributed by atoms with Gasteiger partial charge in [-0.2, -0.15) is 0 Å². The SMILES string of the molecule is CC(=O)NCCc1ccc(O)c(C)c1. The van der Waals surface area contributed by atoms with Gasteiger partial charge in [-0.25, -0.2) is 0 Å². The van der Waals surface area contributed by atoms with E-state index < -0.39 is 0 Å². The molecule has 1 aromatic carbocycles. The molecule has 14 heavy (non-hydrogen) atoms. The number of aryl methyl sites for hydroxylation is 1. The van der Waals surface area contributed by atoms with Gasteiger partial charge in [0.25, 0.3) is 0 Å². The van der Waals surface area contributed by atoms with E-state index in [2.05, 4.69) is 5.32 Å². The van der Waals surface area contributed by atoms with Gasteiger partial charge in [0.1, 0.15) is 5.75 Å². The fourth-order valence-electron chi connectivity index (χ4n) is 1.26. The molecule has 0 aliphatic carbocycles. The molecule has 0 fully saturated rings. The Morgan fingerprint density at radius 2 is 2.21 bits per heavy atom. The van der Waals surface area contributed by atoms with Crippen LogP contribution in [0.3, 0.4) is 0 Å². The first-order chi connectivity index (χ1) is 6.59. The summed E-state index contributed by atoms with van der Waals surface area (Å²) in [6, 6.07) is 5.47. The van der Waals surface area contributed by atoms with Gasteiger partial charge >= 0.3 is 0 Å². The van der Waals surface area contributed by atoms with Crippen molar-refractivity contribution in [2.45, 2.75) is 20.3 Å². The monoisotopic (exact) mass is 193 g/mol. The predicted octanol–water partition coefficient (Wildman–Crippen LogP) is 1.38. The van der Waals surface area contributed by atoms with Crippen LogP contribution in [0.15, 0.2) is 18.2 Å². The van der Waals surface area contributed by atoms with Crippen LogP contribution in [0.25, 0.3) is 0 Å². The fourth-order valence-corrected chi connectivity index (χ4v) is 1.26. The molecule has 1 amide bonds. The summed E-state index contributed by atoms with van der Waals surface area (Å²) in [5, 5.41) is 12.0. The van der Waals surface area contributed by atoms with Crippen LogP contribution < -0.4 is 5.32 Å². The zero-order valence-electron chi connectivity index (χ0n) is 8.50. The van der Waals surface area contributed by atoms with Gasteiger partial charge in [0.15, 0.2) is 0 Å². The molecule has 0 radical (unpaired) electrons. The molecule has 0 bridgehead atoms. The van der Waals surface area contributed by atoms with E-state index in [1.165, 1.54) is 6.92 Å². The number of benzene rings is 1. The number of phenolic OH excluding ortho intramolecular Hbond substituents is 1. The third-order valence-electron chi connectivity index (χ3n) is 2.05. The maximum atomic E-state index is 10.6. The van der Waals surface area contributed by atoms with Crippen molar-refractivity contribution in [1.82, 2.24) is 5.32 Å². The van der Waals surface area contributed by atoms with Crippen molar-refractivity contribution in [3.05, 3.63) is 29.3 Å². The Labute approximate surface area is 83.8 Å². The summed E-state index contributed by atoms with van der Waals surface area (Å²) in [4.78, 5) is 10.6. The number of amides is 1. The van der Waals surface area contributed by atoms with E-state index in [1.807, 2.05) is 19.1 Å². The van der Waals surface area contributed by atoms with E-state index in [0.29, 0.717) is 12.3 Å². The average Bonchev–Trinajstić information content (AvgIpc) is 2.10.